The number of nitrogens with two attached hydrogens (primary N) is 1. The molecule has 0 spiro atoms. The zero-order chi connectivity index (χ0) is 19.8. The summed E-state index contributed by atoms with van der Waals surface area (Å²) in [5, 5.41) is 3.00. The summed E-state index contributed by atoms with van der Waals surface area (Å²) in [5.41, 5.74) is 11.4. The third kappa shape index (κ3) is 2.97. The molecule has 0 radical (unpaired) electrons. The van der Waals surface area contributed by atoms with Gasteiger partial charge in [-0.05, 0) is 44.5 Å². The summed E-state index contributed by atoms with van der Waals surface area (Å²) < 4.78 is 1.81. The number of hydrogen-bond donors (Lipinski definition) is 2. The molecule has 1 amide bonds. The molecule has 3 N–H and O–H groups in total. The van der Waals surface area contributed by atoms with Gasteiger partial charge in [-0.25, -0.2) is 9.97 Å². The van der Waals surface area contributed by atoms with Gasteiger partial charge in [-0.3, -0.25) is 9.36 Å². The van der Waals surface area contributed by atoms with Gasteiger partial charge in [0.15, 0.2) is 5.65 Å². The lowest BCUT2D eigenvalue weighted by atomic mass is 10.2. The molecular formula is C22H23N5O. The Labute approximate surface area is 163 Å². The molecule has 0 bridgehead atoms. The van der Waals surface area contributed by atoms with E-state index in [4.69, 9.17) is 15.7 Å². The van der Waals surface area contributed by atoms with Crippen LogP contribution in [0.4, 0.5) is 5.82 Å². The fourth-order valence-electron chi connectivity index (χ4n) is 3.24. The maximum Gasteiger partial charge on any atom is 0.257 e. The molecular weight excluding hydrogens is 350 g/mol. The van der Waals surface area contributed by atoms with Gasteiger partial charge in [0.05, 0.1) is 11.0 Å². The van der Waals surface area contributed by atoms with Gasteiger partial charge in [0, 0.05) is 11.7 Å². The molecule has 4 aromatic rings. The van der Waals surface area contributed by atoms with Crippen molar-refractivity contribution in [2.45, 2.75) is 33.2 Å². The third-order valence-corrected chi connectivity index (χ3v) is 5.01. The van der Waals surface area contributed by atoms with Gasteiger partial charge in [0.1, 0.15) is 16.9 Å². The van der Waals surface area contributed by atoms with Gasteiger partial charge < -0.3 is 11.1 Å². The van der Waals surface area contributed by atoms with Crippen molar-refractivity contribution in [3.05, 3.63) is 59.7 Å². The minimum Gasteiger partial charge on any atom is -0.384 e. The van der Waals surface area contributed by atoms with Gasteiger partial charge >= 0.3 is 0 Å². The van der Waals surface area contributed by atoms with Gasteiger partial charge in [0.25, 0.3) is 5.91 Å². The normalized spacial score (nSPS) is 12.4. The van der Waals surface area contributed by atoms with E-state index in [-0.39, 0.29) is 11.9 Å². The molecule has 6 heteroatoms. The van der Waals surface area contributed by atoms with Crippen LogP contribution in [-0.2, 0) is 0 Å². The van der Waals surface area contributed by atoms with Gasteiger partial charge in [-0.2, -0.15) is 0 Å². The van der Waals surface area contributed by atoms with Crippen LogP contribution in [0.1, 0.15) is 36.2 Å². The summed E-state index contributed by atoms with van der Waals surface area (Å²) >= 11 is 0. The molecule has 2 aromatic carbocycles. The lowest BCUT2D eigenvalue weighted by Gasteiger charge is -2.11. The summed E-state index contributed by atoms with van der Waals surface area (Å²) in [6, 6.07) is 15.6. The van der Waals surface area contributed by atoms with Crippen LogP contribution in [0, 0.1) is 6.92 Å². The molecule has 0 fully saturated rings. The number of amides is 1. The van der Waals surface area contributed by atoms with Crippen molar-refractivity contribution in [3.63, 3.8) is 0 Å². The van der Waals surface area contributed by atoms with E-state index in [9.17, 15) is 4.79 Å². The van der Waals surface area contributed by atoms with Crippen molar-refractivity contribution in [2.24, 2.45) is 0 Å². The van der Waals surface area contributed by atoms with Gasteiger partial charge in [0.2, 0.25) is 0 Å². The molecule has 0 aliphatic carbocycles. The summed E-state index contributed by atoms with van der Waals surface area (Å²) in [4.78, 5) is 22.5. The van der Waals surface area contributed by atoms with Crippen molar-refractivity contribution >= 4 is 33.9 Å². The molecule has 28 heavy (non-hydrogen) atoms. The highest BCUT2D eigenvalue weighted by molar-refractivity contribution is 6.11. The average Bonchev–Trinajstić information content (AvgIpc) is 2.97. The number of carbonyl (C=O) groups is 1. The second kappa shape index (κ2) is 6.96. The quantitative estimate of drug-likeness (QED) is 0.566. The van der Waals surface area contributed by atoms with E-state index in [0.717, 1.165) is 28.7 Å². The SMILES string of the molecule is CC[C@@H](C)NC(=O)c1c(N)n(-c2ccc(C)cc2)c2nc3ccccc3nc12. The molecule has 142 valence electrons. The van der Waals surface area contributed by atoms with Crippen LogP contribution < -0.4 is 11.1 Å². The number of nitrogen functional groups attached to an aromatic ring is 1. The summed E-state index contributed by atoms with van der Waals surface area (Å²) in [6.07, 6.45) is 0.830. The highest BCUT2D eigenvalue weighted by Gasteiger charge is 2.25. The topological polar surface area (TPSA) is 85.8 Å². The molecule has 0 saturated carbocycles. The highest BCUT2D eigenvalue weighted by atomic mass is 16.1. The Morgan fingerprint density at radius 3 is 2.39 bits per heavy atom. The number of rotatable bonds is 4. The number of nitrogens with one attached hydrogen (secondary N) is 1. The number of anilines is 1. The maximum absolute atomic E-state index is 13.0. The second-order valence-corrected chi connectivity index (χ2v) is 7.10. The molecule has 0 aliphatic heterocycles. The van der Waals surface area contributed by atoms with Gasteiger partial charge in [-0.15, -0.1) is 0 Å². The van der Waals surface area contributed by atoms with Crippen molar-refractivity contribution in [2.75, 3.05) is 5.73 Å². The fraction of sp³-hybridized carbons (Fsp3) is 0.227. The Balaban J connectivity index is 2.02. The van der Waals surface area contributed by atoms with E-state index in [1.165, 1.54) is 0 Å². The smallest absolute Gasteiger partial charge is 0.257 e. The van der Waals surface area contributed by atoms with E-state index < -0.39 is 0 Å². The second-order valence-electron chi connectivity index (χ2n) is 7.10. The van der Waals surface area contributed by atoms with Crippen LogP contribution in [0.15, 0.2) is 48.5 Å². The summed E-state index contributed by atoms with van der Waals surface area (Å²) in [5.74, 6) is 0.113. The minimum absolute atomic E-state index is 0.0399. The van der Waals surface area contributed by atoms with E-state index >= 15 is 0 Å². The zero-order valence-corrected chi connectivity index (χ0v) is 16.2. The van der Waals surface area contributed by atoms with Crippen molar-refractivity contribution < 1.29 is 4.79 Å². The Bertz CT molecular complexity index is 1180. The van der Waals surface area contributed by atoms with E-state index in [1.807, 2.05) is 69.3 Å². The molecule has 2 heterocycles. The van der Waals surface area contributed by atoms with E-state index in [0.29, 0.717) is 22.5 Å². The third-order valence-electron chi connectivity index (χ3n) is 5.01. The van der Waals surface area contributed by atoms with Crippen LogP contribution in [-0.4, -0.2) is 26.5 Å². The molecule has 4 rings (SSSR count). The van der Waals surface area contributed by atoms with Crippen LogP contribution in [0.3, 0.4) is 0 Å². The number of aromatic nitrogens is 3. The largest absolute Gasteiger partial charge is 0.384 e. The van der Waals surface area contributed by atoms with Crippen molar-refractivity contribution in [3.8, 4) is 5.69 Å². The Morgan fingerprint density at radius 2 is 1.75 bits per heavy atom. The van der Waals surface area contributed by atoms with Crippen LogP contribution in [0.5, 0.6) is 0 Å². The standard InChI is InChI=1S/C22H23N5O/c1-4-14(3)24-22(28)18-19-21(26-17-8-6-5-7-16(17)25-19)27(20(18)23)15-11-9-13(2)10-12-15/h5-12,14H,4,23H2,1-3H3,(H,24,28)/t14-/m1/s1. The molecule has 1 atom stereocenters. The maximum atomic E-state index is 13.0. The predicted octanol–water partition coefficient (Wildman–Crippen LogP) is 3.99. The minimum atomic E-state index is -0.229. The monoisotopic (exact) mass is 373 g/mol. The first kappa shape index (κ1) is 18.0. The Morgan fingerprint density at radius 1 is 1.11 bits per heavy atom. The summed E-state index contributed by atoms with van der Waals surface area (Å²) in [7, 11) is 0. The Hall–Kier alpha value is -3.41. The van der Waals surface area contributed by atoms with Crippen molar-refractivity contribution in [1.82, 2.24) is 19.9 Å². The highest BCUT2D eigenvalue weighted by Crippen LogP contribution is 2.31. The number of para-hydroxylation sites is 2. The van der Waals surface area contributed by atoms with E-state index in [2.05, 4.69) is 5.32 Å². The first-order valence-corrected chi connectivity index (χ1v) is 9.44. The van der Waals surface area contributed by atoms with Gasteiger partial charge in [-0.1, -0.05) is 36.8 Å². The molecule has 2 aromatic heterocycles. The number of carbonyl (C=O) groups excluding carboxylic acids is 1. The molecule has 0 aliphatic rings. The summed E-state index contributed by atoms with van der Waals surface area (Å²) in [6.45, 7) is 6.02. The van der Waals surface area contributed by atoms with Crippen LogP contribution >= 0.6 is 0 Å². The van der Waals surface area contributed by atoms with E-state index in [1.54, 1.807) is 4.57 Å². The lowest BCUT2D eigenvalue weighted by Crippen LogP contribution is -2.32. The fourth-order valence-corrected chi connectivity index (χ4v) is 3.24. The number of benzene rings is 2. The number of aryl methyl sites for hydroxylation is 1. The van der Waals surface area contributed by atoms with Crippen LogP contribution in [0.25, 0.3) is 27.9 Å². The number of nitrogens with zero attached hydrogens (tertiary/aromatic N) is 3. The number of fused-ring (bicyclic) bond motifs is 2. The zero-order valence-electron chi connectivity index (χ0n) is 16.2. The predicted molar refractivity (Wildman–Crippen MR) is 113 cm³/mol. The molecule has 0 saturated heterocycles. The first-order valence-electron chi connectivity index (χ1n) is 9.44. The first-order chi connectivity index (χ1) is 13.5. The lowest BCUT2D eigenvalue weighted by molar-refractivity contribution is 0.0941. The van der Waals surface area contributed by atoms with Crippen molar-refractivity contribution in [1.29, 1.82) is 0 Å². The Kier molecular flexibility index (Phi) is 4.47. The van der Waals surface area contributed by atoms with Crippen LogP contribution in [0.2, 0.25) is 0 Å². The average molecular weight is 373 g/mol. The number of hydrogen-bond acceptors (Lipinski definition) is 4. The molecule has 0 unspecified atom stereocenters. The molecule has 6 nitrogen and oxygen atoms in total.